The van der Waals surface area contributed by atoms with Gasteiger partial charge in [0.05, 0.1) is 24.6 Å². The molecular formula is C30H36FN5O4S. The number of nitrogens with zero attached hydrogens (tertiary/aromatic N) is 3. The quantitative estimate of drug-likeness (QED) is 0.401. The number of benzene rings is 3. The Morgan fingerprint density at radius 1 is 0.878 bits per heavy atom. The van der Waals surface area contributed by atoms with E-state index >= 15 is 0 Å². The number of hydrogen-bond donors (Lipinski definition) is 2. The number of anilines is 3. The molecule has 11 heteroatoms. The van der Waals surface area contributed by atoms with Crippen molar-refractivity contribution in [3.05, 3.63) is 83.7 Å². The fourth-order valence-corrected chi connectivity index (χ4v) is 6.50. The van der Waals surface area contributed by atoms with Crippen molar-refractivity contribution < 1.29 is 22.3 Å². The third-order valence-corrected chi connectivity index (χ3v) is 9.02. The average Bonchev–Trinajstić information content (AvgIpc) is 2.98. The van der Waals surface area contributed by atoms with Crippen LogP contribution in [-0.4, -0.2) is 84.8 Å². The van der Waals surface area contributed by atoms with Gasteiger partial charge < -0.3 is 19.9 Å². The van der Waals surface area contributed by atoms with Crippen molar-refractivity contribution in [1.82, 2.24) is 9.62 Å². The minimum Gasteiger partial charge on any atom is -0.379 e. The second kappa shape index (κ2) is 13.0. The van der Waals surface area contributed by atoms with Crippen LogP contribution in [0.1, 0.15) is 15.9 Å². The van der Waals surface area contributed by atoms with E-state index in [1.54, 1.807) is 36.4 Å². The number of carbonyl (C=O) groups is 1. The second-order valence-electron chi connectivity index (χ2n) is 10.2. The summed E-state index contributed by atoms with van der Waals surface area (Å²) in [4.78, 5) is 19.2. The number of halogens is 1. The zero-order chi connectivity index (χ0) is 28.8. The fraction of sp³-hybridized carbons (Fsp3) is 0.367. The highest BCUT2D eigenvalue weighted by molar-refractivity contribution is 7.89. The Balaban J connectivity index is 1.36. The molecule has 2 aliphatic rings. The molecule has 0 saturated carbocycles. The van der Waals surface area contributed by atoms with Crippen LogP contribution in [0.15, 0.2) is 71.6 Å². The SMILES string of the molecule is Cc1ccccc1C(=O)Nc1ccc(N2CCN(c3ccccc3F)CC2)c(S(=O)(=O)NCCN2CCOCC2)c1. The van der Waals surface area contributed by atoms with Gasteiger partial charge in [-0.2, -0.15) is 0 Å². The molecule has 2 N–H and O–H groups in total. The molecule has 3 aromatic rings. The van der Waals surface area contributed by atoms with Crippen molar-refractivity contribution in [1.29, 1.82) is 0 Å². The molecule has 0 spiro atoms. The molecule has 0 unspecified atom stereocenters. The molecule has 5 rings (SSSR count). The van der Waals surface area contributed by atoms with E-state index in [1.807, 2.05) is 34.9 Å². The lowest BCUT2D eigenvalue weighted by atomic mass is 10.1. The Kier molecular flexibility index (Phi) is 9.19. The maximum absolute atomic E-state index is 14.4. The highest BCUT2D eigenvalue weighted by Gasteiger charge is 2.27. The lowest BCUT2D eigenvalue weighted by Gasteiger charge is -2.38. The van der Waals surface area contributed by atoms with Crippen LogP contribution in [0.3, 0.4) is 0 Å². The molecule has 0 radical (unpaired) electrons. The summed E-state index contributed by atoms with van der Waals surface area (Å²) in [5, 5.41) is 2.86. The molecule has 2 saturated heterocycles. The maximum Gasteiger partial charge on any atom is 0.255 e. The number of piperazine rings is 1. The van der Waals surface area contributed by atoms with Crippen molar-refractivity contribution >= 4 is 33.0 Å². The van der Waals surface area contributed by atoms with Gasteiger partial charge >= 0.3 is 0 Å². The molecule has 3 aromatic carbocycles. The number of morpholine rings is 1. The lowest BCUT2D eigenvalue weighted by molar-refractivity contribution is 0.0390. The van der Waals surface area contributed by atoms with E-state index in [0.717, 1.165) is 18.7 Å². The lowest BCUT2D eigenvalue weighted by Crippen LogP contribution is -2.47. The van der Waals surface area contributed by atoms with Crippen LogP contribution in [-0.2, 0) is 14.8 Å². The summed E-state index contributed by atoms with van der Waals surface area (Å²) in [6.45, 7) is 7.58. The molecule has 218 valence electrons. The molecule has 2 aliphatic heterocycles. The first-order valence-corrected chi connectivity index (χ1v) is 15.4. The third-order valence-electron chi connectivity index (χ3n) is 7.53. The van der Waals surface area contributed by atoms with E-state index < -0.39 is 10.0 Å². The van der Waals surface area contributed by atoms with Gasteiger partial charge in [-0.25, -0.2) is 17.5 Å². The standard InChI is InChI=1S/C30H36FN5O4S/c1-23-6-2-3-7-25(23)30(37)33-24-10-11-28(36-16-14-35(15-17-36)27-9-5-4-8-26(27)31)29(22-24)41(38,39)32-12-13-34-18-20-40-21-19-34/h2-11,22,32H,12-21H2,1H3,(H,33,37). The normalized spacial score (nSPS) is 16.5. The van der Waals surface area contributed by atoms with Gasteiger partial charge in [-0.15, -0.1) is 0 Å². The smallest absolute Gasteiger partial charge is 0.255 e. The highest BCUT2D eigenvalue weighted by Crippen LogP contribution is 2.31. The van der Waals surface area contributed by atoms with E-state index in [0.29, 0.717) is 68.6 Å². The van der Waals surface area contributed by atoms with E-state index in [1.165, 1.54) is 12.1 Å². The summed E-state index contributed by atoms with van der Waals surface area (Å²) >= 11 is 0. The van der Waals surface area contributed by atoms with Gasteiger partial charge in [0.25, 0.3) is 5.91 Å². The number of rotatable bonds is 9. The summed E-state index contributed by atoms with van der Waals surface area (Å²) in [6, 6.07) is 18.9. The number of aryl methyl sites for hydroxylation is 1. The Hall–Kier alpha value is -3.51. The van der Waals surface area contributed by atoms with Gasteiger partial charge in [0.2, 0.25) is 10.0 Å². The van der Waals surface area contributed by atoms with Gasteiger partial charge in [-0.3, -0.25) is 9.69 Å². The minimum atomic E-state index is -3.92. The average molecular weight is 582 g/mol. The van der Waals surface area contributed by atoms with Crippen LogP contribution in [0.4, 0.5) is 21.5 Å². The zero-order valence-corrected chi connectivity index (χ0v) is 24.0. The highest BCUT2D eigenvalue weighted by atomic mass is 32.2. The Morgan fingerprint density at radius 2 is 1.54 bits per heavy atom. The van der Waals surface area contributed by atoms with Crippen LogP contribution >= 0.6 is 0 Å². The summed E-state index contributed by atoms with van der Waals surface area (Å²) in [5.41, 5.74) is 2.83. The van der Waals surface area contributed by atoms with Crippen LogP contribution in [0.25, 0.3) is 0 Å². The van der Waals surface area contributed by atoms with Gasteiger partial charge in [0.15, 0.2) is 0 Å². The number of para-hydroxylation sites is 1. The summed E-state index contributed by atoms with van der Waals surface area (Å²) in [5.74, 6) is -0.583. The number of sulfonamides is 1. The van der Waals surface area contributed by atoms with E-state index in [9.17, 15) is 17.6 Å². The summed E-state index contributed by atoms with van der Waals surface area (Å²) in [7, 11) is -3.92. The molecule has 1 amide bonds. The van der Waals surface area contributed by atoms with Crippen LogP contribution in [0.2, 0.25) is 0 Å². The van der Waals surface area contributed by atoms with E-state index in [4.69, 9.17) is 4.74 Å². The maximum atomic E-state index is 14.4. The predicted octanol–water partition coefficient (Wildman–Crippen LogP) is 3.32. The fourth-order valence-electron chi connectivity index (χ4n) is 5.23. The van der Waals surface area contributed by atoms with Crippen molar-refractivity contribution in [2.45, 2.75) is 11.8 Å². The van der Waals surface area contributed by atoms with E-state index in [2.05, 4.69) is 14.9 Å². The number of nitrogens with one attached hydrogen (secondary N) is 2. The Bertz CT molecular complexity index is 1470. The predicted molar refractivity (Wildman–Crippen MR) is 159 cm³/mol. The van der Waals surface area contributed by atoms with Crippen LogP contribution in [0.5, 0.6) is 0 Å². The topological polar surface area (TPSA) is 94.2 Å². The van der Waals surface area contributed by atoms with Gasteiger partial charge in [0, 0.05) is 63.6 Å². The summed E-state index contributed by atoms with van der Waals surface area (Å²) in [6.07, 6.45) is 0. The van der Waals surface area contributed by atoms with Crippen molar-refractivity contribution in [2.24, 2.45) is 0 Å². The van der Waals surface area contributed by atoms with Gasteiger partial charge in [-0.1, -0.05) is 30.3 Å². The Morgan fingerprint density at radius 3 is 2.24 bits per heavy atom. The largest absolute Gasteiger partial charge is 0.379 e. The van der Waals surface area contributed by atoms with Gasteiger partial charge in [-0.05, 0) is 48.9 Å². The van der Waals surface area contributed by atoms with Crippen molar-refractivity contribution in [2.75, 3.05) is 80.7 Å². The third kappa shape index (κ3) is 7.05. The number of carbonyl (C=O) groups excluding carboxylic acids is 1. The molecular weight excluding hydrogens is 545 g/mol. The number of hydrogen-bond acceptors (Lipinski definition) is 7. The van der Waals surface area contributed by atoms with Crippen molar-refractivity contribution in [3.8, 4) is 0 Å². The Labute approximate surface area is 240 Å². The molecule has 0 aromatic heterocycles. The first kappa shape index (κ1) is 29.0. The molecule has 2 heterocycles. The number of amides is 1. The van der Waals surface area contributed by atoms with Crippen LogP contribution < -0.4 is 19.8 Å². The first-order chi connectivity index (χ1) is 19.8. The monoisotopic (exact) mass is 581 g/mol. The van der Waals surface area contributed by atoms with Crippen molar-refractivity contribution in [3.63, 3.8) is 0 Å². The van der Waals surface area contributed by atoms with E-state index in [-0.39, 0.29) is 23.2 Å². The molecule has 0 atom stereocenters. The molecule has 0 aliphatic carbocycles. The molecule has 41 heavy (non-hydrogen) atoms. The summed E-state index contributed by atoms with van der Waals surface area (Å²) < 4.78 is 49.9. The molecule has 9 nitrogen and oxygen atoms in total. The zero-order valence-electron chi connectivity index (χ0n) is 23.2. The first-order valence-electron chi connectivity index (χ1n) is 13.9. The number of ether oxygens (including phenoxy) is 1. The van der Waals surface area contributed by atoms with Crippen LogP contribution in [0, 0.1) is 12.7 Å². The minimum absolute atomic E-state index is 0.0985. The molecule has 0 bridgehead atoms. The molecule has 2 fully saturated rings. The van der Waals surface area contributed by atoms with Gasteiger partial charge in [0.1, 0.15) is 10.7 Å². The second-order valence-corrected chi connectivity index (χ2v) is 12.0.